The highest BCUT2D eigenvalue weighted by molar-refractivity contribution is 5.82. The van der Waals surface area contributed by atoms with E-state index in [4.69, 9.17) is 15.2 Å². The number of nitrogens with one attached hydrogen (secondary N) is 2. The molecule has 0 saturated carbocycles. The summed E-state index contributed by atoms with van der Waals surface area (Å²) in [6, 6.07) is 4.32. The summed E-state index contributed by atoms with van der Waals surface area (Å²) in [6.45, 7) is 3.03. The molecule has 0 spiro atoms. The Bertz CT molecular complexity index is 1090. The van der Waals surface area contributed by atoms with Gasteiger partial charge in [-0.3, -0.25) is 4.57 Å². The first-order valence-corrected chi connectivity index (χ1v) is 9.06. The van der Waals surface area contributed by atoms with E-state index in [1.807, 2.05) is 6.07 Å². The molecule has 0 radical (unpaired) electrons. The number of benzene rings is 1. The second-order valence-electron chi connectivity index (χ2n) is 6.82. The normalized spacial score (nSPS) is 16.6. The molecule has 0 amide bonds. The molecule has 0 fully saturated rings. The molecule has 4 bridgehead atoms. The summed E-state index contributed by atoms with van der Waals surface area (Å²) in [4.78, 5) is 23.8. The van der Waals surface area contributed by atoms with Crippen LogP contribution in [0.15, 0.2) is 16.9 Å². The standard InChI is InChI=1S/C18H20N6O3/c19-15-14-16-23-17(22-15)27-5-1-4-26-13-7-10(9-24(16)18(25)21-14)6-11-8-20-3-2-12(11)13/h6-7,20H,1-5,8-9H2,(H,21,25)(H2,19,22,23). The largest absolute Gasteiger partial charge is 0.493 e. The summed E-state index contributed by atoms with van der Waals surface area (Å²) >= 11 is 0. The third kappa shape index (κ3) is 2.80. The second-order valence-corrected chi connectivity index (χ2v) is 6.82. The lowest BCUT2D eigenvalue weighted by Crippen LogP contribution is -2.25. The molecule has 0 unspecified atom stereocenters. The minimum atomic E-state index is -0.281. The molecule has 3 aromatic rings. The van der Waals surface area contributed by atoms with Crippen LogP contribution in [0, 0.1) is 0 Å². The molecule has 0 saturated heterocycles. The predicted molar refractivity (Wildman–Crippen MR) is 99.1 cm³/mol. The fourth-order valence-electron chi connectivity index (χ4n) is 3.69. The Morgan fingerprint density at radius 1 is 1.19 bits per heavy atom. The fraction of sp³-hybridized carbons (Fsp3) is 0.389. The Kier molecular flexibility index (Phi) is 3.75. The van der Waals surface area contributed by atoms with Crippen LogP contribution in [0.4, 0.5) is 5.82 Å². The van der Waals surface area contributed by atoms with Crippen molar-refractivity contribution < 1.29 is 9.47 Å². The van der Waals surface area contributed by atoms with Crippen LogP contribution in [-0.4, -0.2) is 39.3 Å². The van der Waals surface area contributed by atoms with Crippen LogP contribution in [-0.2, 0) is 19.5 Å². The van der Waals surface area contributed by atoms with Gasteiger partial charge in [0.15, 0.2) is 11.5 Å². The summed E-state index contributed by atoms with van der Waals surface area (Å²) in [5, 5.41) is 3.39. The van der Waals surface area contributed by atoms with E-state index in [0.29, 0.717) is 37.3 Å². The molecular weight excluding hydrogens is 348 g/mol. The number of aromatic nitrogens is 4. The Labute approximate surface area is 154 Å². The number of H-pyrrole nitrogens is 1. The first-order chi connectivity index (χ1) is 13.2. The number of imidazole rings is 1. The molecule has 4 heterocycles. The van der Waals surface area contributed by atoms with Crippen LogP contribution in [0.1, 0.15) is 23.1 Å². The number of nitrogens with two attached hydrogens (primary N) is 1. The molecule has 2 aliphatic heterocycles. The van der Waals surface area contributed by atoms with Gasteiger partial charge in [0.2, 0.25) is 0 Å². The number of nitrogen functional groups attached to an aromatic ring is 1. The predicted octanol–water partition coefficient (Wildman–Crippen LogP) is 0.557. The Morgan fingerprint density at radius 3 is 3.00 bits per heavy atom. The lowest BCUT2D eigenvalue weighted by Gasteiger charge is -2.22. The van der Waals surface area contributed by atoms with Crippen LogP contribution < -0.4 is 26.2 Å². The topological polar surface area (TPSA) is 120 Å². The molecule has 2 aliphatic rings. The first kappa shape index (κ1) is 16.1. The number of hydrogen-bond acceptors (Lipinski definition) is 7. The van der Waals surface area contributed by atoms with Gasteiger partial charge in [-0.1, -0.05) is 6.07 Å². The highest BCUT2D eigenvalue weighted by Gasteiger charge is 2.19. The van der Waals surface area contributed by atoms with E-state index in [1.54, 1.807) is 4.57 Å². The van der Waals surface area contributed by atoms with Crippen molar-refractivity contribution in [2.24, 2.45) is 0 Å². The van der Waals surface area contributed by atoms with Crippen molar-refractivity contribution in [1.82, 2.24) is 24.8 Å². The van der Waals surface area contributed by atoms with E-state index in [1.165, 1.54) is 11.1 Å². The molecule has 27 heavy (non-hydrogen) atoms. The maximum absolute atomic E-state index is 12.5. The van der Waals surface area contributed by atoms with Crippen LogP contribution >= 0.6 is 0 Å². The molecule has 1 aromatic carbocycles. The Balaban J connectivity index is 1.69. The van der Waals surface area contributed by atoms with Gasteiger partial charge in [0.1, 0.15) is 11.3 Å². The zero-order chi connectivity index (χ0) is 18.4. The quantitative estimate of drug-likeness (QED) is 0.530. The zero-order valence-corrected chi connectivity index (χ0v) is 14.7. The van der Waals surface area contributed by atoms with Crippen LogP contribution in [0.2, 0.25) is 0 Å². The van der Waals surface area contributed by atoms with E-state index in [2.05, 4.69) is 26.3 Å². The summed E-state index contributed by atoms with van der Waals surface area (Å²) in [6.07, 6.45) is 1.62. The highest BCUT2D eigenvalue weighted by Crippen LogP contribution is 2.29. The lowest BCUT2D eigenvalue weighted by atomic mass is 9.97. The number of ether oxygens (including phenoxy) is 2. The number of aromatic amines is 1. The van der Waals surface area contributed by atoms with E-state index >= 15 is 0 Å². The van der Waals surface area contributed by atoms with Gasteiger partial charge in [0, 0.05) is 13.0 Å². The fourth-order valence-corrected chi connectivity index (χ4v) is 3.69. The van der Waals surface area contributed by atoms with E-state index in [0.717, 1.165) is 30.8 Å². The number of anilines is 1. The Morgan fingerprint density at radius 2 is 2.07 bits per heavy atom. The number of rotatable bonds is 0. The van der Waals surface area contributed by atoms with Gasteiger partial charge in [-0.15, -0.1) is 0 Å². The van der Waals surface area contributed by atoms with Crippen LogP contribution in [0.3, 0.4) is 0 Å². The van der Waals surface area contributed by atoms with Gasteiger partial charge in [0.05, 0.1) is 19.8 Å². The maximum atomic E-state index is 12.5. The molecule has 9 heteroatoms. The van der Waals surface area contributed by atoms with Crippen molar-refractivity contribution in [3.8, 4) is 11.8 Å². The number of nitrogens with zero attached hydrogens (tertiary/aromatic N) is 3. The summed E-state index contributed by atoms with van der Waals surface area (Å²) < 4.78 is 13.2. The van der Waals surface area contributed by atoms with Gasteiger partial charge in [-0.05, 0) is 35.7 Å². The third-order valence-electron chi connectivity index (χ3n) is 4.98. The van der Waals surface area contributed by atoms with Gasteiger partial charge in [-0.25, -0.2) is 4.79 Å². The SMILES string of the molecule is Nc1nc2nc3c1[nH]c(=O)n3Cc1cc3c(c(c1)OCCCO2)CCNC3. The average Bonchev–Trinajstić information content (AvgIpc) is 2.97. The van der Waals surface area contributed by atoms with E-state index in [-0.39, 0.29) is 17.5 Å². The minimum absolute atomic E-state index is 0.169. The Hall–Kier alpha value is -3.07. The van der Waals surface area contributed by atoms with Crippen molar-refractivity contribution in [2.45, 2.75) is 25.9 Å². The minimum Gasteiger partial charge on any atom is -0.493 e. The molecule has 9 nitrogen and oxygen atoms in total. The van der Waals surface area contributed by atoms with Crippen molar-refractivity contribution in [3.63, 3.8) is 0 Å². The first-order valence-electron chi connectivity index (χ1n) is 9.06. The smallest absolute Gasteiger partial charge is 0.328 e. The molecular formula is C18H20N6O3. The molecule has 0 atom stereocenters. The summed E-state index contributed by atoms with van der Waals surface area (Å²) in [7, 11) is 0. The monoisotopic (exact) mass is 368 g/mol. The lowest BCUT2D eigenvalue weighted by molar-refractivity contribution is 0.235. The van der Waals surface area contributed by atoms with Gasteiger partial charge >= 0.3 is 11.7 Å². The number of fused-ring (bicyclic) bond motifs is 5. The average molecular weight is 368 g/mol. The van der Waals surface area contributed by atoms with E-state index in [9.17, 15) is 4.79 Å². The van der Waals surface area contributed by atoms with Crippen molar-refractivity contribution in [3.05, 3.63) is 39.3 Å². The summed E-state index contributed by atoms with van der Waals surface area (Å²) in [5.41, 5.74) is 10.0. The van der Waals surface area contributed by atoms with Crippen molar-refractivity contribution in [2.75, 3.05) is 25.5 Å². The van der Waals surface area contributed by atoms with Crippen molar-refractivity contribution >= 4 is 17.0 Å². The molecule has 140 valence electrons. The molecule has 2 aromatic heterocycles. The van der Waals surface area contributed by atoms with Gasteiger partial charge in [0.25, 0.3) is 0 Å². The van der Waals surface area contributed by atoms with Gasteiger partial charge in [-0.2, -0.15) is 9.97 Å². The second kappa shape index (κ2) is 6.27. The van der Waals surface area contributed by atoms with E-state index < -0.39 is 0 Å². The highest BCUT2D eigenvalue weighted by atomic mass is 16.5. The zero-order valence-electron chi connectivity index (χ0n) is 14.7. The van der Waals surface area contributed by atoms with Crippen molar-refractivity contribution in [1.29, 1.82) is 0 Å². The molecule has 0 aliphatic carbocycles. The molecule has 5 rings (SSSR count). The third-order valence-corrected chi connectivity index (χ3v) is 4.98. The number of hydrogen-bond donors (Lipinski definition) is 3. The molecule has 4 N–H and O–H groups in total. The van der Waals surface area contributed by atoms with Crippen LogP contribution in [0.5, 0.6) is 11.8 Å². The summed E-state index contributed by atoms with van der Waals surface area (Å²) in [5.74, 6) is 1.09. The van der Waals surface area contributed by atoms with Crippen LogP contribution in [0.25, 0.3) is 11.2 Å². The van der Waals surface area contributed by atoms with Gasteiger partial charge < -0.3 is 25.5 Å². The maximum Gasteiger partial charge on any atom is 0.328 e.